The molecule has 0 saturated carbocycles. The molecule has 3 aromatic carbocycles. The minimum absolute atomic E-state index is 0.00421. The van der Waals surface area contributed by atoms with Crippen LogP contribution in [0.5, 0.6) is 11.5 Å². The van der Waals surface area contributed by atoms with Crippen molar-refractivity contribution in [2.75, 3.05) is 25.1 Å². The molecule has 0 aliphatic rings. The number of anilines is 1. The van der Waals surface area contributed by atoms with Crippen molar-refractivity contribution in [3.63, 3.8) is 0 Å². The third-order valence-corrected chi connectivity index (χ3v) is 8.19. The van der Waals surface area contributed by atoms with E-state index in [0.717, 1.165) is 15.4 Å². The van der Waals surface area contributed by atoms with Crippen molar-refractivity contribution >= 4 is 27.5 Å². The second-order valence-corrected chi connectivity index (χ2v) is 12.7. The number of benzene rings is 3. The summed E-state index contributed by atoms with van der Waals surface area (Å²) in [7, 11) is -1.13. The van der Waals surface area contributed by atoms with Gasteiger partial charge in [-0.2, -0.15) is 0 Å². The van der Waals surface area contributed by atoms with Crippen molar-refractivity contribution in [3.8, 4) is 11.5 Å². The van der Waals surface area contributed by atoms with Crippen LogP contribution in [0, 0.1) is 6.92 Å². The van der Waals surface area contributed by atoms with E-state index in [9.17, 15) is 18.0 Å². The zero-order valence-corrected chi connectivity index (χ0v) is 25.5. The highest BCUT2D eigenvalue weighted by molar-refractivity contribution is 7.92. The molecule has 0 spiro atoms. The van der Waals surface area contributed by atoms with Gasteiger partial charge >= 0.3 is 0 Å². The van der Waals surface area contributed by atoms with Crippen LogP contribution in [0.2, 0.25) is 0 Å². The van der Waals surface area contributed by atoms with Crippen molar-refractivity contribution < 1.29 is 27.5 Å². The zero-order valence-electron chi connectivity index (χ0n) is 24.7. The van der Waals surface area contributed by atoms with E-state index < -0.39 is 34.1 Å². The molecule has 0 aliphatic carbocycles. The molecule has 10 heteroatoms. The number of carbonyl (C=O) groups excluding carboxylic acids is 2. The Balaban J connectivity index is 2.04. The Hall–Kier alpha value is -4.05. The van der Waals surface area contributed by atoms with E-state index in [2.05, 4.69) is 5.32 Å². The van der Waals surface area contributed by atoms with Gasteiger partial charge in [0.25, 0.3) is 10.0 Å². The number of sulfonamides is 1. The van der Waals surface area contributed by atoms with Gasteiger partial charge in [-0.3, -0.25) is 13.9 Å². The molecule has 3 aromatic rings. The van der Waals surface area contributed by atoms with E-state index >= 15 is 0 Å². The second kappa shape index (κ2) is 13.1. The van der Waals surface area contributed by atoms with Crippen LogP contribution in [-0.2, 0) is 26.2 Å². The molecule has 9 nitrogen and oxygen atoms in total. The average molecular weight is 582 g/mol. The third-order valence-electron chi connectivity index (χ3n) is 6.40. The molecule has 0 bridgehead atoms. The van der Waals surface area contributed by atoms with Crippen LogP contribution >= 0.6 is 0 Å². The SMILES string of the molecule is COc1ccc(S(=O)(=O)N(CC(=O)N(Cc2cccc(OC)c2)[C@@H](C)C(=O)NC(C)(C)C)c2ccc(C)cc2)cc1. The Labute approximate surface area is 243 Å². The van der Waals surface area contributed by atoms with Gasteiger partial charge in [-0.05, 0) is 88.7 Å². The van der Waals surface area contributed by atoms with Crippen LogP contribution in [0.25, 0.3) is 0 Å². The molecular formula is C31H39N3O6S. The van der Waals surface area contributed by atoms with Crippen molar-refractivity contribution in [3.05, 3.63) is 83.9 Å². The Morgan fingerprint density at radius 2 is 1.51 bits per heavy atom. The summed E-state index contributed by atoms with van der Waals surface area (Å²) >= 11 is 0. The molecule has 0 radical (unpaired) electrons. The molecule has 0 unspecified atom stereocenters. The van der Waals surface area contributed by atoms with Gasteiger partial charge in [0.05, 0.1) is 24.8 Å². The van der Waals surface area contributed by atoms with E-state index in [1.807, 2.05) is 33.8 Å². The molecule has 0 saturated heterocycles. The van der Waals surface area contributed by atoms with Crippen LogP contribution in [0.4, 0.5) is 5.69 Å². The largest absolute Gasteiger partial charge is 0.497 e. The normalized spacial score (nSPS) is 12.3. The smallest absolute Gasteiger partial charge is 0.264 e. The lowest BCUT2D eigenvalue weighted by atomic mass is 10.1. The van der Waals surface area contributed by atoms with Gasteiger partial charge < -0.3 is 19.7 Å². The molecule has 3 rings (SSSR count). The van der Waals surface area contributed by atoms with E-state index in [1.54, 1.807) is 68.6 Å². The van der Waals surface area contributed by atoms with Gasteiger partial charge in [0, 0.05) is 12.1 Å². The van der Waals surface area contributed by atoms with Gasteiger partial charge in [-0.25, -0.2) is 8.42 Å². The number of hydrogen-bond donors (Lipinski definition) is 1. The Kier molecular flexibility index (Phi) is 10.0. The number of rotatable bonds is 11. The summed E-state index contributed by atoms with van der Waals surface area (Å²) in [5.41, 5.74) is 1.47. The summed E-state index contributed by atoms with van der Waals surface area (Å²) < 4.78 is 39.4. The number of nitrogens with one attached hydrogen (secondary N) is 1. The number of amides is 2. The van der Waals surface area contributed by atoms with Crippen molar-refractivity contribution in [1.29, 1.82) is 0 Å². The lowest BCUT2D eigenvalue weighted by Gasteiger charge is -2.33. The first-order valence-electron chi connectivity index (χ1n) is 13.2. The highest BCUT2D eigenvalue weighted by Gasteiger charge is 2.33. The van der Waals surface area contributed by atoms with Crippen LogP contribution in [0.1, 0.15) is 38.8 Å². The number of carbonyl (C=O) groups is 2. The molecule has 0 aromatic heterocycles. The average Bonchev–Trinajstić information content (AvgIpc) is 2.93. The van der Waals surface area contributed by atoms with Gasteiger partial charge in [-0.1, -0.05) is 29.8 Å². The molecular weight excluding hydrogens is 542 g/mol. The predicted molar refractivity (Wildman–Crippen MR) is 160 cm³/mol. The number of hydrogen-bond acceptors (Lipinski definition) is 6. The molecule has 41 heavy (non-hydrogen) atoms. The number of nitrogens with zero attached hydrogens (tertiary/aromatic N) is 2. The molecule has 1 N–H and O–H groups in total. The van der Waals surface area contributed by atoms with Crippen LogP contribution in [0.15, 0.2) is 77.7 Å². The summed E-state index contributed by atoms with van der Waals surface area (Å²) in [5, 5.41) is 2.92. The maximum Gasteiger partial charge on any atom is 0.264 e. The highest BCUT2D eigenvalue weighted by Crippen LogP contribution is 2.26. The fourth-order valence-corrected chi connectivity index (χ4v) is 5.55. The Morgan fingerprint density at radius 1 is 0.902 bits per heavy atom. The standard InChI is InChI=1S/C31H39N3O6S/c1-22-11-13-25(14-12-22)34(41(37,38)28-17-15-26(39-6)16-18-28)21-29(35)33(23(2)30(36)32-31(3,4)5)20-24-9-8-10-27(19-24)40-7/h8-19,23H,20-21H2,1-7H3,(H,32,36)/t23-/m0/s1. The molecule has 220 valence electrons. The van der Waals surface area contributed by atoms with Crippen LogP contribution in [0.3, 0.4) is 0 Å². The lowest BCUT2D eigenvalue weighted by molar-refractivity contribution is -0.140. The van der Waals surface area contributed by atoms with E-state index in [1.165, 1.54) is 24.1 Å². The molecule has 0 aliphatic heterocycles. The summed E-state index contributed by atoms with van der Waals surface area (Å²) in [4.78, 5) is 28.6. The molecule has 1 atom stereocenters. The van der Waals surface area contributed by atoms with Gasteiger partial charge in [-0.15, -0.1) is 0 Å². The molecule has 0 heterocycles. The monoisotopic (exact) mass is 581 g/mol. The zero-order chi connectivity index (χ0) is 30.4. The van der Waals surface area contributed by atoms with Gasteiger partial charge in [0.1, 0.15) is 24.1 Å². The van der Waals surface area contributed by atoms with Gasteiger partial charge in [0.2, 0.25) is 11.8 Å². The topological polar surface area (TPSA) is 105 Å². The first-order chi connectivity index (χ1) is 19.2. The summed E-state index contributed by atoms with van der Waals surface area (Å²) in [6.45, 7) is 8.63. The fraction of sp³-hybridized carbons (Fsp3) is 0.355. The maximum absolute atomic E-state index is 14.0. The van der Waals surface area contributed by atoms with E-state index in [0.29, 0.717) is 17.2 Å². The van der Waals surface area contributed by atoms with Crippen LogP contribution in [-0.4, -0.2) is 57.5 Å². The maximum atomic E-state index is 14.0. The van der Waals surface area contributed by atoms with Crippen molar-refractivity contribution in [2.45, 2.75) is 57.6 Å². The summed E-state index contributed by atoms with van der Waals surface area (Å²) in [5.74, 6) is 0.214. The quantitative estimate of drug-likeness (QED) is 0.357. The number of methoxy groups -OCH3 is 2. The van der Waals surface area contributed by atoms with E-state index in [4.69, 9.17) is 9.47 Å². The Bertz CT molecular complexity index is 1450. The summed E-state index contributed by atoms with van der Waals surface area (Å²) in [6, 6.07) is 19.1. The first kappa shape index (κ1) is 31.5. The minimum atomic E-state index is -4.17. The second-order valence-electron chi connectivity index (χ2n) is 10.8. The van der Waals surface area contributed by atoms with Gasteiger partial charge in [0.15, 0.2) is 0 Å². The first-order valence-corrected chi connectivity index (χ1v) is 14.7. The van der Waals surface area contributed by atoms with Crippen molar-refractivity contribution in [2.24, 2.45) is 0 Å². The summed E-state index contributed by atoms with van der Waals surface area (Å²) in [6.07, 6.45) is 0. The number of aryl methyl sites for hydroxylation is 1. The molecule has 2 amide bonds. The molecule has 0 fully saturated rings. The Morgan fingerprint density at radius 3 is 2.07 bits per heavy atom. The predicted octanol–water partition coefficient (Wildman–Crippen LogP) is 4.54. The minimum Gasteiger partial charge on any atom is -0.497 e. The van der Waals surface area contributed by atoms with Crippen LogP contribution < -0.4 is 19.1 Å². The number of ether oxygens (including phenoxy) is 2. The third kappa shape index (κ3) is 8.23. The highest BCUT2D eigenvalue weighted by atomic mass is 32.2. The fourth-order valence-electron chi connectivity index (χ4n) is 4.14. The lowest BCUT2D eigenvalue weighted by Crippen LogP contribution is -2.54. The van der Waals surface area contributed by atoms with Crippen molar-refractivity contribution in [1.82, 2.24) is 10.2 Å². The van der Waals surface area contributed by atoms with E-state index in [-0.39, 0.29) is 17.3 Å².